The molecule has 4 rings (SSSR count). The molecule has 0 bridgehead atoms. The first-order valence-corrected chi connectivity index (χ1v) is 14.3. The number of hydrogen-bond acceptors (Lipinski definition) is 4. The van der Waals surface area contributed by atoms with Crippen molar-refractivity contribution in [2.75, 3.05) is 6.26 Å². The first-order valence-electron chi connectivity index (χ1n) is 12.3. The van der Waals surface area contributed by atoms with E-state index in [4.69, 9.17) is 0 Å². The van der Waals surface area contributed by atoms with Crippen LogP contribution in [-0.2, 0) is 27.5 Å². The Bertz CT molecular complexity index is 1530. The molecule has 0 aliphatic heterocycles. The molecule has 194 valence electrons. The molecule has 4 aromatic carbocycles. The van der Waals surface area contributed by atoms with Crippen LogP contribution in [0.4, 0.5) is 0 Å². The van der Waals surface area contributed by atoms with E-state index in [1.54, 1.807) is 12.1 Å². The highest BCUT2D eigenvalue weighted by Crippen LogP contribution is 2.16. The van der Waals surface area contributed by atoms with Crippen molar-refractivity contribution in [2.45, 2.75) is 24.9 Å². The Balaban J connectivity index is 1.57. The first kappa shape index (κ1) is 26.8. The van der Waals surface area contributed by atoms with Crippen molar-refractivity contribution in [1.29, 1.82) is 0 Å². The second-order valence-corrected chi connectivity index (χ2v) is 11.2. The van der Waals surface area contributed by atoms with Crippen molar-refractivity contribution in [2.24, 2.45) is 0 Å². The predicted molar refractivity (Wildman–Crippen MR) is 151 cm³/mol. The van der Waals surface area contributed by atoms with Crippen molar-refractivity contribution >= 4 is 32.4 Å². The van der Waals surface area contributed by atoms with E-state index in [-0.39, 0.29) is 12.3 Å². The van der Waals surface area contributed by atoms with Crippen LogP contribution < -0.4 is 10.6 Å². The van der Waals surface area contributed by atoms with Crippen LogP contribution >= 0.6 is 0 Å². The Labute approximate surface area is 223 Å². The molecule has 2 N–H and O–H groups in total. The van der Waals surface area contributed by atoms with Crippen LogP contribution in [0.3, 0.4) is 0 Å². The first-order chi connectivity index (χ1) is 18.3. The van der Waals surface area contributed by atoms with Crippen LogP contribution in [0.2, 0.25) is 0 Å². The normalized spacial score (nSPS) is 13.2. The molecule has 2 unspecified atom stereocenters. The van der Waals surface area contributed by atoms with Gasteiger partial charge in [-0.2, -0.15) is 0 Å². The van der Waals surface area contributed by atoms with Crippen molar-refractivity contribution in [3.8, 4) is 0 Å². The molecule has 4 aromatic rings. The number of benzene rings is 4. The Morgan fingerprint density at radius 2 is 1.32 bits per heavy atom. The van der Waals surface area contributed by atoms with Gasteiger partial charge in [-0.3, -0.25) is 9.59 Å². The third kappa shape index (κ3) is 7.88. The quantitative estimate of drug-likeness (QED) is 0.319. The molecule has 0 heterocycles. The van der Waals surface area contributed by atoms with Crippen LogP contribution in [0.25, 0.3) is 10.8 Å². The minimum absolute atomic E-state index is 0.278. The van der Waals surface area contributed by atoms with Gasteiger partial charge >= 0.3 is 0 Å². The van der Waals surface area contributed by atoms with E-state index in [1.165, 1.54) is 6.08 Å². The summed E-state index contributed by atoms with van der Waals surface area (Å²) in [7, 11) is -3.39. The average molecular weight is 527 g/mol. The molecule has 6 nitrogen and oxygen atoms in total. The van der Waals surface area contributed by atoms with Gasteiger partial charge in [0.15, 0.2) is 9.84 Å². The molecule has 7 heteroatoms. The van der Waals surface area contributed by atoms with E-state index in [1.807, 2.05) is 91.0 Å². The standard InChI is InChI=1S/C31H30N2O4S/c1-38(36,37)19-18-28(20-23-10-4-2-5-11-23)32-31(35)29(21-24-12-6-3-7-13-24)33-30(34)27-17-16-25-14-8-9-15-26(25)22-27/h2-19,22,28-29H,20-21H2,1H3,(H,32,35)(H,33,34)/b19-18+. The highest BCUT2D eigenvalue weighted by Gasteiger charge is 2.24. The van der Waals surface area contributed by atoms with Gasteiger partial charge in [0, 0.05) is 23.6 Å². The number of amides is 2. The molecule has 2 atom stereocenters. The maximum Gasteiger partial charge on any atom is 0.251 e. The molecular weight excluding hydrogens is 496 g/mol. The maximum atomic E-state index is 13.5. The van der Waals surface area contributed by atoms with Gasteiger partial charge in [-0.05, 0) is 40.5 Å². The van der Waals surface area contributed by atoms with Gasteiger partial charge in [-0.25, -0.2) is 8.42 Å². The molecular formula is C31H30N2O4S. The lowest BCUT2D eigenvalue weighted by atomic mass is 10.0. The van der Waals surface area contributed by atoms with E-state index in [0.29, 0.717) is 12.0 Å². The lowest BCUT2D eigenvalue weighted by Crippen LogP contribution is -2.50. The van der Waals surface area contributed by atoms with Crippen LogP contribution in [0.5, 0.6) is 0 Å². The fourth-order valence-electron chi connectivity index (χ4n) is 4.19. The zero-order valence-corrected chi connectivity index (χ0v) is 21.9. The van der Waals surface area contributed by atoms with Gasteiger partial charge in [0.25, 0.3) is 5.91 Å². The Morgan fingerprint density at radius 1 is 0.737 bits per heavy atom. The zero-order chi connectivity index (χ0) is 27.0. The molecule has 0 aliphatic carbocycles. The van der Waals surface area contributed by atoms with Crippen molar-refractivity contribution in [1.82, 2.24) is 10.6 Å². The summed E-state index contributed by atoms with van der Waals surface area (Å²) in [6.45, 7) is 0. The molecule has 0 saturated carbocycles. The molecule has 0 saturated heterocycles. The molecule has 38 heavy (non-hydrogen) atoms. The molecule has 0 spiro atoms. The number of hydrogen-bond donors (Lipinski definition) is 2. The van der Waals surface area contributed by atoms with Crippen LogP contribution in [0.1, 0.15) is 21.5 Å². The molecule has 0 aromatic heterocycles. The average Bonchev–Trinajstić information content (AvgIpc) is 2.91. The second kappa shape index (κ2) is 12.3. The summed E-state index contributed by atoms with van der Waals surface area (Å²) >= 11 is 0. The van der Waals surface area contributed by atoms with Crippen molar-refractivity contribution in [3.63, 3.8) is 0 Å². The lowest BCUT2D eigenvalue weighted by molar-refractivity contribution is -0.123. The van der Waals surface area contributed by atoms with Gasteiger partial charge < -0.3 is 10.6 Å². The summed E-state index contributed by atoms with van der Waals surface area (Å²) in [5, 5.41) is 8.88. The Hall–Kier alpha value is -4.23. The van der Waals surface area contributed by atoms with Gasteiger partial charge in [-0.15, -0.1) is 0 Å². The van der Waals surface area contributed by atoms with Gasteiger partial charge in [0.1, 0.15) is 6.04 Å². The number of nitrogens with one attached hydrogen (secondary N) is 2. The largest absolute Gasteiger partial charge is 0.348 e. The van der Waals surface area contributed by atoms with Crippen molar-refractivity contribution in [3.05, 3.63) is 131 Å². The monoisotopic (exact) mass is 526 g/mol. The van der Waals surface area contributed by atoms with E-state index >= 15 is 0 Å². The van der Waals surface area contributed by atoms with E-state index in [9.17, 15) is 18.0 Å². The fraction of sp³-hybridized carbons (Fsp3) is 0.161. The molecule has 0 fully saturated rings. The van der Waals surface area contributed by atoms with E-state index in [2.05, 4.69) is 10.6 Å². The molecule has 0 radical (unpaired) electrons. The molecule has 0 aliphatic rings. The number of rotatable bonds is 10. The third-order valence-corrected chi connectivity index (χ3v) is 6.75. The fourth-order valence-corrected chi connectivity index (χ4v) is 4.66. The Kier molecular flexibility index (Phi) is 8.71. The van der Waals surface area contributed by atoms with Crippen LogP contribution in [-0.4, -0.2) is 38.6 Å². The van der Waals surface area contributed by atoms with Crippen LogP contribution in [0.15, 0.2) is 115 Å². The number of sulfone groups is 1. The van der Waals surface area contributed by atoms with E-state index < -0.39 is 27.8 Å². The van der Waals surface area contributed by atoms with Gasteiger partial charge in [0.05, 0.1) is 6.04 Å². The topological polar surface area (TPSA) is 92.3 Å². The van der Waals surface area contributed by atoms with Crippen molar-refractivity contribution < 1.29 is 18.0 Å². The number of fused-ring (bicyclic) bond motifs is 1. The lowest BCUT2D eigenvalue weighted by Gasteiger charge is -2.22. The summed E-state index contributed by atoms with van der Waals surface area (Å²) in [5.41, 5.74) is 2.28. The van der Waals surface area contributed by atoms with E-state index in [0.717, 1.165) is 33.6 Å². The highest BCUT2D eigenvalue weighted by molar-refractivity contribution is 7.93. The minimum atomic E-state index is -3.39. The Morgan fingerprint density at radius 3 is 1.95 bits per heavy atom. The second-order valence-electron chi connectivity index (χ2n) is 9.24. The summed E-state index contributed by atoms with van der Waals surface area (Å²) in [5.74, 6) is -0.764. The van der Waals surface area contributed by atoms with Crippen LogP contribution in [0, 0.1) is 0 Å². The highest BCUT2D eigenvalue weighted by atomic mass is 32.2. The summed E-state index contributed by atoms with van der Waals surface area (Å²) in [4.78, 5) is 26.8. The molecule has 2 amide bonds. The number of carbonyl (C=O) groups excluding carboxylic acids is 2. The predicted octanol–water partition coefficient (Wildman–Crippen LogP) is 4.47. The van der Waals surface area contributed by atoms with Gasteiger partial charge in [-0.1, -0.05) is 97.1 Å². The third-order valence-electron chi connectivity index (χ3n) is 6.10. The summed E-state index contributed by atoms with van der Waals surface area (Å²) in [6.07, 6.45) is 3.26. The zero-order valence-electron chi connectivity index (χ0n) is 21.1. The SMILES string of the molecule is CS(=O)(=O)/C=C/C(Cc1ccccc1)NC(=O)C(Cc1ccccc1)NC(=O)c1ccc2ccccc2c1. The summed E-state index contributed by atoms with van der Waals surface area (Å²) in [6, 6.07) is 30.6. The minimum Gasteiger partial charge on any atom is -0.348 e. The van der Waals surface area contributed by atoms with Gasteiger partial charge in [0.2, 0.25) is 5.91 Å². The smallest absolute Gasteiger partial charge is 0.251 e. The summed E-state index contributed by atoms with van der Waals surface area (Å²) < 4.78 is 23.6. The maximum absolute atomic E-state index is 13.5. The number of carbonyl (C=O) groups is 2.